The molecule has 3 amide bonds. The zero-order valence-electron chi connectivity index (χ0n) is 13.5. The molecule has 0 bridgehead atoms. The molecule has 2 aromatic carbocycles. The van der Waals surface area contributed by atoms with Gasteiger partial charge in [0, 0.05) is 10.0 Å². The van der Waals surface area contributed by atoms with Crippen LogP contribution >= 0.6 is 15.9 Å². The van der Waals surface area contributed by atoms with E-state index in [1.165, 1.54) is 0 Å². The van der Waals surface area contributed by atoms with Gasteiger partial charge in [0.05, 0.1) is 12.1 Å². The first-order valence-electron chi connectivity index (χ1n) is 7.71. The van der Waals surface area contributed by atoms with Crippen LogP contribution in [0.5, 0.6) is 0 Å². The summed E-state index contributed by atoms with van der Waals surface area (Å²) in [5, 5.41) is 0. The minimum atomic E-state index is -0.788. The summed E-state index contributed by atoms with van der Waals surface area (Å²) in [6.07, 6.45) is -0.0110. The Morgan fingerprint density at radius 3 is 2.48 bits per heavy atom. The highest BCUT2D eigenvalue weighted by atomic mass is 79.9. The molecule has 1 heterocycles. The molecule has 0 radical (unpaired) electrons. The highest BCUT2D eigenvalue weighted by Gasteiger charge is 2.39. The van der Waals surface area contributed by atoms with E-state index in [2.05, 4.69) is 26.8 Å². The van der Waals surface area contributed by atoms with Crippen molar-refractivity contribution in [3.05, 3.63) is 64.1 Å². The Kier molecular flexibility index (Phi) is 4.96. The number of nitrogens with one attached hydrogen (secondary N) is 2. The lowest BCUT2D eigenvalue weighted by molar-refractivity contribution is -0.121. The summed E-state index contributed by atoms with van der Waals surface area (Å²) in [6.45, 7) is 1.83. The summed E-state index contributed by atoms with van der Waals surface area (Å²) in [5.74, 6) is -1.05. The predicted octanol–water partition coefficient (Wildman–Crippen LogP) is 2.32. The highest BCUT2D eigenvalue weighted by Crippen LogP contribution is 2.24. The smallest absolute Gasteiger partial charge is 0.265 e. The number of carbonyl (C=O) groups excluding carboxylic acids is 3. The van der Waals surface area contributed by atoms with Gasteiger partial charge in [-0.25, -0.2) is 10.3 Å². The number of nitrogens with zero attached hydrogens (tertiary/aromatic N) is 1. The molecule has 0 unspecified atom stereocenters. The summed E-state index contributed by atoms with van der Waals surface area (Å²) in [4.78, 5) is 38.0. The van der Waals surface area contributed by atoms with Gasteiger partial charge >= 0.3 is 0 Å². The lowest BCUT2D eigenvalue weighted by Gasteiger charge is -2.16. The maximum absolute atomic E-state index is 12.5. The molecule has 0 saturated carbocycles. The van der Waals surface area contributed by atoms with Gasteiger partial charge in [-0.15, -0.1) is 0 Å². The standard InChI is InChI=1S/C18H16BrN3O3/c1-11-4-2-3-5-14(11)17(24)21-20-15-10-16(23)22(18(15)25)13-8-6-12(19)7-9-13/h2-9,15,20H,10H2,1H3,(H,21,24)/t15-/m0/s1. The van der Waals surface area contributed by atoms with Gasteiger partial charge in [0.1, 0.15) is 6.04 Å². The number of hydrogen-bond donors (Lipinski definition) is 2. The summed E-state index contributed by atoms with van der Waals surface area (Å²) >= 11 is 3.32. The maximum atomic E-state index is 12.5. The van der Waals surface area contributed by atoms with E-state index in [-0.39, 0.29) is 18.2 Å². The Morgan fingerprint density at radius 1 is 1.12 bits per heavy atom. The molecule has 0 aromatic heterocycles. The van der Waals surface area contributed by atoms with Crippen molar-refractivity contribution in [2.45, 2.75) is 19.4 Å². The van der Waals surface area contributed by atoms with Gasteiger partial charge in [0.2, 0.25) is 5.91 Å². The molecular weight excluding hydrogens is 386 g/mol. The molecule has 7 heteroatoms. The SMILES string of the molecule is Cc1ccccc1C(=O)NN[C@H]1CC(=O)N(c2ccc(Br)cc2)C1=O. The number of imide groups is 1. The zero-order valence-corrected chi connectivity index (χ0v) is 15.0. The van der Waals surface area contributed by atoms with Gasteiger partial charge in [-0.3, -0.25) is 19.8 Å². The van der Waals surface area contributed by atoms with Crippen molar-refractivity contribution < 1.29 is 14.4 Å². The summed E-state index contributed by atoms with van der Waals surface area (Å²) in [5.41, 5.74) is 7.04. The van der Waals surface area contributed by atoms with Gasteiger partial charge in [-0.05, 0) is 42.8 Å². The van der Waals surface area contributed by atoms with Crippen LogP contribution < -0.4 is 15.8 Å². The Hall–Kier alpha value is -2.51. The van der Waals surface area contributed by atoms with Crippen LogP contribution in [0.2, 0.25) is 0 Å². The Labute approximate surface area is 153 Å². The molecular formula is C18H16BrN3O3. The van der Waals surface area contributed by atoms with Gasteiger partial charge in [0.15, 0.2) is 0 Å². The van der Waals surface area contributed by atoms with Crippen LogP contribution in [0.25, 0.3) is 0 Å². The van der Waals surface area contributed by atoms with Crippen molar-refractivity contribution in [1.29, 1.82) is 0 Å². The molecule has 25 heavy (non-hydrogen) atoms. The molecule has 1 atom stereocenters. The van der Waals surface area contributed by atoms with Gasteiger partial charge in [-0.1, -0.05) is 34.1 Å². The molecule has 1 fully saturated rings. The zero-order chi connectivity index (χ0) is 18.0. The second-order valence-corrected chi connectivity index (χ2v) is 6.63. The molecule has 3 rings (SSSR count). The molecule has 1 aliphatic rings. The summed E-state index contributed by atoms with van der Waals surface area (Å²) in [7, 11) is 0. The fourth-order valence-corrected chi connectivity index (χ4v) is 2.92. The van der Waals surface area contributed by atoms with Crippen LogP contribution in [-0.4, -0.2) is 23.8 Å². The van der Waals surface area contributed by atoms with Crippen LogP contribution in [0.1, 0.15) is 22.3 Å². The second-order valence-electron chi connectivity index (χ2n) is 5.71. The quantitative estimate of drug-likeness (QED) is 0.608. The molecule has 0 spiro atoms. The average Bonchev–Trinajstić information content (AvgIpc) is 2.88. The number of benzene rings is 2. The van der Waals surface area contributed by atoms with E-state index in [0.29, 0.717) is 11.3 Å². The third kappa shape index (κ3) is 3.62. The predicted molar refractivity (Wildman–Crippen MR) is 96.8 cm³/mol. The molecule has 6 nitrogen and oxygen atoms in total. The van der Waals surface area contributed by atoms with Crippen molar-refractivity contribution in [3.8, 4) is 0 Å². The normalized spacial score (nSPS) is 17.0. The minimum absolute atomic E-state index is 0.0110. The number of hydrogen-bond acceptors (Lipinski definition) is 4. The van der Waals surface area contributed by atoms with Crippen molar-refractivity contribution in [2.75, 3.05) is 4.90 Å². The highest BCUT2D eigenvalue weighted by molar-refractivity contribution is 9.10. The number of amides is 3. The molecule has 2 N–H and O–H groups in total. The average molecular weight is 402 g/mol. The van der Waals surface area contributed by atoms with E-state index in [9.17, 15) is 14.4 Å². The largest absolute Gasteiger partial charge is 0.287 e. The van der Waals surface area contributed by atoms with E-state index < -0.39 is 11.9 Å². The topological polar surface area (TPSA) is 78.5 Å². The third-order valence-corrected chi connectivity index (χ3v) is 4.51. The van der Waals surface area contributed by atoms with E-state index in [0.717, 1.165) is 14.9 Å². The number of anilines is 1. The van der Waals surface area contributed by atoms with Gasteiger partial charge < -0.3 is 0 Å². The lowest BCUT2D eigenvalue weighted by Crippen LogP contribution is -2.48. The van der Waals surface area contributed by atoms with E-state index in [4.69, 9.17) is 0 Å². The molecule has 2 aromatic rings. The Bertz CT molecular complexity index is 836. The minimum Gasteiger partial charge on any atom is -0.287 e. The maximum Gasteiger partial charge on any atom is 0.265 e. The fraction of sp³-hybridized carbons (Fsp3) is 0.167. The van der Waals surface area contributed by atoms with Crippen LogP contribution in [0, 0.1) is 6.92 Å². The van der Waals surface area contributed by atoms with Crippen molar-refractivity contribution in [1.82, 2.24) is 10.9 Å². The van der Waals surface area contributed by atoms with Crippen molar-refractivity contribution >= 4 is 39.3 Å². The Balaban J connectivity index is 1.67. The van der Waals surface area contributed by atoms with Crippen molar-refractivity contribution in [2.24, 2.45) is 0 Å². The number of aryl methyl sites for hydroxylation is 1. The number of carbonyl (C=O) groups is 3. The first-order valence-corrected chi connectivity index (χ1v) is 8.50. The number of halogens is 1. The first kappa shape index (κ1) is 17.3. The first-order chi connectivity index (χ1) is 12.0. The summed E-state index contributed by atoms with van der Waals surface area (Å²) in [6, 6.07) is 13.2. The number of rotatable bonds is 4. The summed E-state index contributed by atoms with van der Waals surface area (Å²) < 4.78 is 0.857. The van der Waals surface area contributed by atoms with E-state index in [1.807, 2.05) is 19.1 Å². The van der Waals surface area contributed by atoms with Gasteiger partial charge in [0.25, 0.3) is 11.8 Å². The third-order valence-electron chi connectivity index (χ3n) is 3.98. The van der Waals surface area contributed by atoms with Crippen molar-refractivity contribution in [3.63, 3.8) is 0 Å². The van der Waals surface area contributed by atoms with Crippen LogP contribution in [0.15, 0.2) is 53.0 Å². The molecule has 0 aliphatic carbocycles. The van der Waals surface area contributed by atoms with Gasteiger partial charge in [-0.2, -0.15) is 0 Å². The second kappa shape index (κ2) is 7.16. The molecule has 128 valence electrons. The van der Waals surface area contributed by atoms with Crippen LogP contribution in [0.3, 0.4) is 0 Å². The van der Waals surface area contributed by atoms with E-state index >= 15 is 0 Å². The molecule has 1 saturated heterocycles. The van der Waals surface area contributed by atoms with Crippen LogP contribution in [-0.2, 0) is 9.59 Å². The Morgan fingerprint density at radius 2 is 1.80 bits per heavy atom. The van der Waals surface area contributed by atoms with E-state index in [1.54, 1.807) is 36.4 Å². The fourth-order valence-electron chi connectivity index (χ4n) is 2.65. The number of hydrazine groups is 1. The lowest BCUT2D eigenvalue weighted by atomic mass is 10.1. The molecule has 1 aliphatic heterocycles. The monoisotopic (exact) mass is 401 g/mol. The van der Waals surface area contributed by atoms with Crippen LogP contribution in [0.4, 0.5) is 5.69 Å².